The number of sulfonamides is 1. The summed E-state index contributed by atoms with van der Waals surface area (Å²) < 4.78 is 27.6. The van der Waals surface area contributed by atoms with Crippen LogP contribution in [0.2, 0.25) is 0 Å². The van der Waals surface area contributed by atoms with Gasteiger partial charge >= 0.3 is 0 Å². The predicted octanol–water partition coefficient (Wildman–Crippen LogP) is 2.95. The average Bonchev–Trinajstić information content (AvgIpc) is 3.17. The molecule has 0 atom stereocenters. The number of rotatable bonds is 7. The van der Waals surface area contributed by atoms with Gasteiger partial charge in [0.15, 0.2) is 0 Å². The monoisotopic (exact) mass is 477 g/mol. The fourth-order valence-corrected chi connectivity index (χ4v) is 6.43. The van der Waals surface area contributed by atoms with Gasteiger partial charge in [0.2, 0.25) is 21.8 Å². The maximum Gasteiger partial charge on any atom is 0.243 e. The van der Waals surface area contributed by atoms with Gasteiger partial charge in [-0.15, -0.1) is 11.3 Å². The van der Waals surface area contributed by atoms with Crippen molar-refractivity contribution in [3.63, 3.8) is 0 Å². The predicted molar refractivity (Wildman–Crippen MR) is 126 cm³/mol. The maximum absolute atomic E-state index is 13.1. The van der Waals surface area contributed by atoms with E-state index < -0.39 is 10.0 Å². The molecule has 0 N–H and O–H groups in total. The SMILES string of the molecule is Cc1ccc(C)c(S(=O)(=O)N2CCN(C(=O)CCC(=O)N(C)Cc3sccc3C)CC2)c1. The summed E-state index contributed by atoms with van der Waals surface area (Å²) in [6.07, 6.45) is 0.289. The molecule has 2 heterocycles. The number of benzene rings is 1. The van der Waals surface area contributed by atoms with E-state index >= 15 is 0 Å². The third-order valence-corrected chi connectivity index (χ3v) is 8.93. The normalized spacial score (nSPS) is 15.1. The van der Waals surface area contributed by atoms with Gasteiger partial charge in [-0.3, -0.25) is 9.59 Å². The summed E-state index contributed by atoms with van der Waals surface area (Å²) in [5.41, 5.74) is 2.78. The molecule has 0 saturated carbocycles. The third-order valence-electron chi connectivity index (χ3n) is 5.88. The smallest absolute Gasteiger partial charge is 0.243 e. The van der Waals surface area contributed by atoms with Gasteiger partial charge in [-0.1, -0.05) is 12.1 Å². The van der Waals surface area contributed by atoms with Crippen molar-refractivity contribution in [2.45, 2.75) is 45.1 Å². The first kappa shape index (κ1) is 24.4. The lowest BCUT2D eigenvalue weighted by molar-refractivity contribution is -0.137. The quantitative estimate of drug-likeness (QED) is 0.614. The molecule has 1 aromatic carbocycles. The van der Waals surface area contributed by atoms with Crippen LogP contribution in [0.15, 0.2) is 34.5 Å². The van der Waals surface area contributed by atoms with Crippen molar-refractivity contribution >= 4 is 33.2 Å². The van der Waals surface area contributed by atoms with Crippen LogP contribution in [-0.4, -0.2) is 67.6 Å². The molecule has 7 nitrogen and oxygen atoms in total. The van der Waals surface area contributed by atoms with E-state index in [1.807, 2.05) is 37.4 Å². The van der Waals surface area contributed by atoms with Crippen LogP contribution in [0.3, 0.4) is 0 Å². The van der Waals surface area contributed by atoms with Crippen LogP contribution in [0.1, 0.15) is 34.4 Å². The molecule has 1 aliphatic heterocycles. The second-order valence-electron chi connectivity index (χ2n) is 8.33. The van der Waals surface area contributed by atoms with Crippen molar-refractivity contribution in [1.29, 1.82) is 0 Å². The summed E-state index contributed by atoms with van der Waals surface area (Å²) >= 11 is 1.62. The second kappa shape index (κ2) is 10.1. The Hall–Kier alpha value is -2.23. The summed E-state index contributed by atoms with van der Waals surface area (Å²) in [4.78, 5) is 29.8. The molecule has 0 aliphatic carbocycles. The van der Waals surface area contributed by atoms with Gasteiger partial charge in [0.25, 0.3) is 0 Å². The summed E-state index contributed by atoms with van der Waals surface area (Å²) in [6.45, 7) is 7.41. The van der Waals surface area contributed by atoms with Gasteiger partial charge < -0.3 is 9.80 Å². The highest BCUT2D eigenvalue weighted by molar-refractivity contribution is 7.89. The second-order valence-corrected chi connectivity index (χ2v) is 11.2. The third kappa shape index (κ3) is 5.57. The van der Waals surface area contributed by atoms with Crippen LogP contribution in [0.4, 0.5) is 0 Å². The summed E-state index contributed by atoms with van der Waals surface area (Å²) in [7, 11) is -1.84. The lowest BCUT2D eigenvalue weighted by Crippen LogP contribution is -2.50. The number of aryl methyl sites for hydroxylation is 3. The molecule has 2 aromatic rings. The van der Waals surface area contributed by atoms with Crippen LogP contribution in [0.25, 0.3) is 0 Å². The Bertz CT molecular complexity index is 1090. The Balaban J connectivity index is 1.50. The minimum atomic E-state index is -3.59. The minimum Gasteiger partial charge on any atom is -0.341 e. The Kier molecular flexibility index (Phi) is 7.74. The number of thiophene rings is 1. The van der Waals surface area contributed by atoms with Crippen LogP contribution in [0.5, 0.6) is 0 Å². The first-order valence-corrected chi connectivity index (χ1v) is 13.0. The Labute approximate surface area is 194 Å². The van der Waals surface area contributed by atoms with Crippen LogP contribution >= 0.6 is 11.3 Å². The van der Waals surface area contributed by atoms with E-state index in [-0.39, 0.29) is 37.7 Å². The van der Waals surface area contributed by atoms with E-state index in [4.69, 9.17) is 0 Å². The molecule has 1 saturated heterocycles. The number of hydrogen-bond acceptors (Lipinski definition) is 5. The van der Waals surface area contributed by atoms with Crippen molar-refractivity contribution in [3.05, 3.63) is 51.2 Å². The summed E-state index contributed by atoms with van der Waals surface area (Å²) in [5.74, 6) is -0.176. The zero-order valence-corrected chi connectivity index (χ0v) is 20.8. The van der Waals surface area contributed by atoms with E-state index in [0.29, 0.717) is 24.5 Å². The first-order chi connectivity index (χ1) is 15.1. The van der Waals surface area contributed by atoms with E-state index in [1.54, 1.807) is 41.2 Å². The van der Waals surface area contributed by atoms with E-state index in [9.17, 15) is 18.0 Å². The van der Waals surface area contributed by atoms with Crippen molar-refractivity contribution < 1.29 is 18.0 Å². The van der Waals surface area contributed by atoms with Crippen molar-refractivity contribution in [2.75, 3.05) is 33.2 Å². The average molecular weight is 478 g/mol. The highest BCUT2D eigenvalue weighted by Crippen LogP contribution is 2.23. The highest BCUT2D eigenvalue weighted by atomic mass is 32.2. The highest BCUT2D eigenvalue weighted by Gasteiger charge is 2.31. The number of carbonyl (C=O) groups excluding carboxylic acids is 2. The van der Waals surface area contributed by atoms with Gasteiger partial charge in [-0.05, 0) is 55.0 Å². The zero-order chi connectivity index (χ0) is 23.5. The lowest BCUT2D eigenvalue weighted by Gasteiger charge is -2.34. The number of nitrogens with zero attached hydrogens (tertiary/aromatic N) is 3. The number of hydrogen-bond donors (Lipinski definition) is 0. The fourth-order valence-electron chi connectivity index (χ4n) is 3.73. The molecule has 3 rings (SSSR count). The molecule has 32 heavy (non-hydrogen) atoms. The number of carbonyl (C=O) groups is 2. The Morgan fingerprint density at radius 2 is 1.69 bits per heavy atom. The summed E-state index contributed by atoms with van der Waals surface area (Å²) in [5, 5.41) is 2.01. The molecule has 0 bridgehead atoms. The molecule has 2 amide bonds. The largest absolute Gasteiger partial charge is 0.341 e. The molecule has 174 valence electrons. The number of amides is 2. The molecule has 9 heteroatoms. The van der Waals surface area contributed by atoms with Gasteiger partial charge in [0.1, 0.15) is 0 Å². The van der Waals surface area contributed by atoms with Crippen molar-refractivity contribution in [2.24, 2.45) is 0 Å². The molecule has 1 fully saturated rings. The molecular formula is C23H31N3O4S2. The fraction of sp³-hybridized carbons (Fsp3) is 0.478. The molecule has 1 aliphatic rings. The van der Waals surface area contributed by atoms with Crippen LogP contribution in [0, 0.1) is 20.8 Å². The van der Waals surface area contributed by atoms with Crippen molar-refractivity contribution in [1.82, 2.24) is 14.1 Å². The molecule has 1 aromatic heterocycles. The van der Waals surface area contributed by atoms with Crippen molar-refractivity contribution in [3.8, 4) is 0 Å². The van der Waals surface area contributed by atoms with Gasteiger partial charge in [0.05, 0.1) is 11.4 Å². The maximum atomic E-state index is 13.1. The minimum absolute atomic E-state index is 0.0673. The molecule has 0 spiro atoms. The zero-order valence-electron chi connectivity index (χ0n) is 19.1. The molecular weight excluding hydrogens is 446 g/mol. The van der Waals surface area contributed by atoms with E-state index in [0.717, 1.165) is 16.0 Å². The van der Waals surface area contributed by atoms with Gasteiger partial charge in [-0.25, -0.2) is 8.42 Å². The first-order valence-electron chi connectivity index (χ1n) is 10.7. The van der Waals surface area contributed by atoms with Crippen LogP contribution < -0.4 is 0 Å². The lowest BCUT2D eigenvalue weighted by atomic mass is 10.2. The summed E-state index contributed by atoms with van der Waals surface area (Å²) in [6, 6.07) is 7.44. The molecule has 0 unspecified atom stereocenters. The standard InChI is InChI=1S/C23H31N3O4S2/c1-17-5-6-19(3)21(15-17)32(29,30)26-12-10-25(11-13-26)23(28)8-7-22(27)24(4)16-20-18(2)9-14-31-20/h5-6,9,14-15H,7-8,10-13,16H2,1-4H3. The van der Waals surface area contributed by atoms with E-state index in [1.165, 1.54) is 9.87 Å². The Morgan fingerprint density at radius 1 is 1.00 bits per heavy atom. The number of piperazine rings is 1. The molecule has 0 radical (unpaired) electrons. The van der Waals surface area contributed by atoms with Crippen LogP contribution in [-0.2, 0) is 26.2 Å². The van der Waals surface area contributed by atoms with Gasteiger partial charge in [0, 0.05) is 50.9 Å². The van der Waals surface area contributed by atoms with Gasteiger partial charge in [-0.2, -0.15) is 4.31 Å². The van der Waals surface area contributed by atoms with E-state index in [2.05, 4.69) is 0 Å². The Morgan fingerprint density at radius 3 is 2.31 bits per heavy atom. The topological polar surface area (TPSA) is 78.0 Å².